The molecule has 0 unspecified atom stereocenters. The number of nitrogens with zero attached hydrogens (tertiary/aromatic N) is 2. The Labute approximate surface area is 171 Å². The van der Waals surface area contributed by atoms with Gasteiger partial charge in [-0.2, -0.15) is 4.57 Å². The zero-order valence-electron chi connectivity index (χ0n) is 16.2. The second-order valence-electron chi connectivity index (χ2n) is 6.69. The van der Waals surface area contributed by atoms with Gasteiger partial charge in [0, 0.05) is 23.3 Å². The Morgan fingerprint density at radius 3 is 2.37 bits per heavy atom. The minimum absolute atomic E-state index is 0.0599. The SMILES string of the molecule is COC(=O)c1ccc2c(=O)[nH]c(C[n+]3ccc(C(=O)c4ccccc4)cc3)nc2c1. The number of aromatic nitrogens is 3. The molecule has 0 aliphatic rings. The van der Waals surface area contributed by atoms with Crippen LogP contribution in [0.1, 0.15) is 32.1 Å². The first-order valence-corrected chi connectivity index (χ1v) is 9.25. The van der Waals surface area contributed by atoms with Crippen molar-refractivity contribution < 1.29 is 18.9 Å². The minimum Gasteiger partial charge on any atom is -0.465 e. The van der Waals surface area contributed by atoms with Crippen molar-refractivity contribution in [2.75, 3.05) is 7.11 Å². The molecule has 2 aromatic carbocycles. The van der Waals surface area contributed by atoms with Crippen molar-refractivity contribution in [3.63, 3.8) is 0 Å². The number of hydrogen-bond donors (Lipinski definition) is 1. The quantitative estimate of drug-likeness (QED) is 0.315. The highest BCUT2D eigenvalue weighted by atomic mass is 16.5. The first-order chi connectivity index (χ1) is 14.5. The monoisotopic (exact) mass is 400 g/mol. The number of pyridine rings is 1. The van der Waals surface area contributed by atoms with E-state index in [0.717, 1.165) is 0 Å². The molecule has 30 heavy (non-hydrogen) atoms. The van der Waals surface area contributed by atoms with Crippen LogP contribution in [0.25, 0.3) is 10.9 Å². The van der Waals surface area contributed by atoms with Crippen LogP contribution >= 0.6 is 0 Å². The van der Waals surface area contributed by atoms with E-state index in [2.05, 4.69) is 9.97 Å². The lowest BCUT2D eigenvalue weighted by Crippen LogP contribution is -2.35. The lowest BCUT2D eigenvalue weighted by atomic mass is 10.0. The Kier molecular flexibility index (Phi) is 5.17. The fraction of sp³-hybridized carbons (Fsp3) is 0.0870. The number of benzene rings is 2. The second kappa shape index (κ2) is 8.08. The van der Waals surface area contributed by atoms with Crippen molar-refractivity contribution in [1.82, 2.24) is 9.97 Å². The van der Waals surface area contributed by atoms with E-state index < -0.39 is 5.97 Å². The number of ketones is 1. The molecule has 0 aliphatic heterocycles. The molecule has 7 heteroatoms. The van der Waals surface area contributed by atoms with Gasteiger partial charge in [0.15, 0.2) is 24.0 Å². The van der Waals surface area contributed by atoms with Gasteiger partial charge < -0.3 is 9.72 Å². The third-order valence-electron chi connectivity index (χ3n) is 4.70. The largest absolute Gasteiger partial charge is 0.465 e. The minimum atomic E-state index is -0.492. The van der Waals surface area contributed by atoms with Gasteiger partial charge in [-0.3, -0.25) is 9.59 Å². The molecule has 1 N–H and O–H groups in total. The van der Waals surface area contributed by atoms with Gasteiger partial charge in [-0.1, -0.05) is 30.3 Å². The average molecular weight is 400 g/mol. The molecule has 0 bridgehead atoms. The van der Waals surface area contributed by atoms with Gasteiger partial charge in [0.05, 0.1) is 23.6 Å². The van der Waals surface area contributed by atoms with Gasteiger partial charge in [-0.25, -0.2) is 9.78 Å². The topological polar surface area (TPSA) is 93.0 Å². The maximum atomic E-state index is 12.5. The summed E-state index contributed by atoms with van der Waals surface area (Å²) < 4.78 is 6.52. The van der Waals surface area contributed by atoms with Crippen molar-refractivity contribution in [1.29, 1.82) is 0 Å². The van der Waals surface area contributed by atoms with Crippen LogP contribution in [0.5, 0.6) is 0 Å². The summed E-state index contributed by atoms with van der Waals surface area (Å²) in [6, 6.07) is 17.1. The zero-order valence-corrected chi connectivity index (χ0v) is 16.2. The maximum Gasteiger partial charge on any atom is 0.337 e. The van der Waals surface area contributed by atoms with Crippen molar-refractivity contribution in [3.05, 3.63) is 106 Å². The Morgan fingerprint density at radius 2 is 1.67 bits per heavy atom. The zero-order chi connectivity index (χ0) is 21.1. The van der Waals surface area contributed by atoms with E-state index in [9.17, 15) is 14.4 Å². The van der Waals surface area contributed by atoms with Crippen LogP contribution in [0.3, 0.4) is 0 Å². The summed E-state index contributed by atoms with van der Waals surface area (Å²) in [5.74, 6) is -0.120. The molecule has 0 saturated heterocycles. The summed E-state index contributed by atoms with van der Waals surface area (Å²) in [6.07, 6.45) is 3.51. The first-order valence-electron chi connectivity index (χ1n) is 9.25. The number of methoxy groups -OCH3 is 1. The summed E-state index contributed by atoms with van der Waals surface area (Å²) in [7, 11) is 1.30. The van der Waals surface area contributed by atoms with Crippen LogP contribution in [0.4, 0.5) is 0 Å². The van der Waals surface area contributed by atoms with Gasteiger partial charge in [0.25, 0.3) is 5.56 Å². The van der Waals surface area contributed by atoms with Gasteiger partial charge in [-0.05, 0) is 18.2 Å². The predicted molar refractivity (Wildman–Crippen MR) is 109 cm³/mol. The van der Waals surface area contributed by atoms with E-state index >= 15 is 0 Å². The summed E-state index contributed by atoms with van der Waals surface area (Å²) in [5, 5.41) is 0.389. The number of H-pyrrole nitrogens is 1. The Bertz CT molecular complexity index is 1300. The Balaban J connectivity index is 1.60. The van der Waals surface area contributed by atoms with Gasteiger partial charge in [0.1, 0.15) is 0 Å². The fourth-order valence-corrected chi connectivity index (χ4v) is 3.15. The first kappa shape index (κ1) is 19.2. The van der Waals surface area contributed by atoms with Crippen molar-refractivity contribution in [2.45, 2.75) is 6.54 Å². The maximum absolute atomic E-state index is 12.5. The van der Waals surface area contributed by atoms with E-state index in [-0.39, 0.29) is 11.3 Å². The smallest absolute Gasteiger partial charge is 0.337 e. The number of fused-ring (bicyclic) bond motifs is 1. The average Bonchev–Trinajstić information content (AvgIpc) is 2.79. The van der Waals surface area contributed by atoms with Gasteiger partial charge in [0.2, 0.25) is 6.54 Å². The summed E-state index contributed by atoms with van der Waals surface area (Å²) in [4.78, 5) is 43.8. The molecule has 0 aliphatic carbocycles. The summed E-state index contributed by atoms with van der Waals surface area (Å²) >= 11 is 0. The molecule has 0 radical (unpaired) electrons. The van der Waals surface area contributed by atoms with E-state index in [1.165, 1.54) is 19.2 Å². The fourth-order valence-electron chi connectivity index (χ4n) is 3.15. The van der Waals surface area contributed by atoms with Crippen molar-refractivity contribution in [3.8, 4) is 0 Å². The number of rotatable bonds is 5. The van der Waals surface area contributed by atoms with E-state index in [1.54, 1.807) is 47.3 Å². The highest BCUT2D eigenvalue weighted by Gasteiger charge is 2.14. The van der Waals surface area contributed by atoms with Crippen LogP contribution < -0.4 is 10.1 Å². The highest BCUT2D eigenvalue weighted by Crippen LogP contribution is 2.12. The Morgan fingerprint density at radius 1 is 0.967 bits per heavy atom. The van der Waals surface area contributed by atoms with Gasteiger partial charge in [-0.15, -0.1) is 0 Å². The lowest BCUT2D eigenvalue weighted by molar-refractivity contribution is -0.689. The van der Waals surface area contributed by atoms with Crippen LogP contribution in [0.2, 0.25) is 0 Å². The second-order valence-corrected chi connectivity index (χ2v) is 6.69. The molecule has 2 heterocycles. The summed E-state index contributed by atoms with van der Waals surface area (Å²) in [5.41, 5.74) is 1.64. The van der Waals surface area contributed by atoms with Gasteiger partial charge >= 0.3 is 5.97 Å². The molecule has 0 spiro atoms. The molecule has 0 fully saturated rings. The Hall–Kier alpha value is -4.13. The predicted octanol–water partition coefficient (Wildman–Crippen LogP) is 2.28. The molecular weight excluding hydrogens is 382 g/mol. The van der Waals surface area contributed by atoms with E-state index in [4.69, 9.17) is 4.74 Å². The molecular formula is C23H18N3O4+. The number of carbonyl (C=O) groups excluding carboxylic acids is 2. The normalized spacial score (nSPS) is 10.7. The number of hydrogen-bond acceptors (Lipinski definition) is 5. The number of carbonyl (C=O) groups is 2. The van der Waals surface area contributed by atoms with Crippen LogP contribution in [-0.2, 0) is 11.3 Å². The molecule has 7 nitrogen and oxygen atoms in total. The number of nitrogens with one attached hydrogen (secondary N) is 1. The van der Waals surface area contributed by atoms with E-state index in [1.807, 2.05) is 18.2 Å². The van der Waals surface area contributed by atoms with Crippen LogP contribution in [0.15, 0.2) is 77.9 Å². The van der Waals surface area contributed by atoms with E-state index in [0.29, 0.717) is 40.0 Å². The standard InChI is InChI=1S/C23H17N3O4/c1-30-23(29)17-7-8-18-19(13-17)24-20(25-22(18)28)14-26-11-9-16(10-12-26)21(27)15-5-3-2-4-6-15/h2-13H,14H2,1H3/p+1. The third kappa shape index (κ3) is 3.86. The third-order valence-corrected chi connectivity index (χ3v) is 4.70. The van der Waals surface area contributed by atoms with Crippen molar-refractivity contribution in [2.24, 2.45) is 0 Å². The van der Waals surface area contributed by atoms with Crippen LogP contribution in [-0.4, -0.2) is 28.8 Å². The molecule has 2 aromatic heterocycles. The lowest BCUT2D eigenvalue weighted by Gasteiger charge is -2.04. The molecule has 4 aromatic rings. The molecule has 4 rings (SSSR count). The summed E-state index contributed by atoms with van der Waals surface area (Å²) in [6.45, 7) is 0.299. The molecule has 0 atom stereocenters. The number of aromatic amines is 1. The number of ether oxygens (including phenoxy) is 1. The molecule has 0 saturated carbocycles. The van der Waals surface area contributed by atoms with Crippen LogP contribution in [0, 0.1) is 0 Å². The molecule has 0 amide bonds. The van der Waals surface area contributed by atoms with Crippen molar-refractivity contribution >= 4 is 22.7 Å². The number of esters is 1. The highest BCUT2D eigenvalue weighted by molar-refractivity contribution is 6.08. The molecule has 148 valence electrons.